The molecule has 1 saturated carbocycles. The van der Waals surface area contributed by atoms with Crippen molar-refractivity contribution in [1.82, 2.24) is 5.32 Å². The first-order chi connectivity index (χ1) is 6.42. The van der Waals surface area contributed by atoms with Crippen LogP contribution in [0.2, 0.25) is 0 Å². The van der Waals surface area contributed by atoms with Crippen LogP contribution in [0.15, 0.2) is 12.2 Å². The van der Waals surface area contributed by atoms with Gasteiger partial charge in [-0.2, -0.15) is 0 Å². The molecule has 2 rings (SSSR count). The Morgan fingerprint density at radius 3 is 3.00 bits per heavy atom. The molecule has 0 amide bonds. The Morgan fingerprint density at radius 2 is 2.15 bits per heavy atom. The first kappa shape index (κ1) is 8.84. The maximum atomic E-state index is 5.25. The van der Waals surface area contributed by atoms with Crippen molar-refractivity contribution in [3.05, 3.63) is 12.2 Å². The van der Waals surface area contributed by atoms with Gasteiger partial charge in [0.2, 0.25) is 0 Å². The van der Waals surface area contributed by atoms with Gasteiger partial charge in [-0.25, -0.2) is 0 Å². The highest BCUT2D eigenvalue weighted by atomic mass is 14.9. The van der Waals surface area contributed by atoms with Gasteiger partial charge in [-0.05, 0) is 37.5 Å². The summed E-state index contributed by atoms with van der Waals surface area (Å²) in [6, 6.07) is 0.686. The van der Waals surface area contributed by atoms with Gasteiger partial charge >= 0.3 is 0 Å². The second-order valence-electron chi connectivity index (χ2n) is 4.14. The van der Waals surface area contributed by atoms with Gasteiger partial charge in [0.15, 0.2) is 0 Å². The monoisotopic (exact) mass is 175 g/mol. The van der Waals surface area contributed by atoms with Gasteiger partial charge in [-0.1, -0.05) is 18.1 Å². The van der Waals surface area contributed by atoms with Crippen molar-refractivity contribution in [1.29, 1.82) is 0 Å². The molecule has 0 aromatic rings. The molecule has 0 aromatic carbocycles. The van der Waals surface area contributed by atoms with Gasteiger partial charge in [0.05, 0.1) is 6.54 Å². The Balaban J connectivity index is 1.92. The number of allylic oxidation sites excluding steroid dienone is 2. The number of terminal acetylenes is 1. The molecule has 13 heavy (non-hydrogen) atoms. The van der Waals surface area contributed by atoms with E-state index in [9.17, 15) is 0 Å². The summed E-state index contributed by atoms with van der Waals surface area (Å²) in [7, 11) is 0. The van der Waals surface area contributed by atoms with Crippen LogP contribution in [0.4, 0.5) is 0 Å². The van der Waals surface area contributed by atoms with E-state index in [4.69, 9.17) is 6.42 Å². The highest BCUT2D eigenvalue weighted by Gasteiger charge is 2.35. The predicted octanol–water partition coefficient (Wildman–Crippen LogP) is 1.95. The summed E-state index contributed by atoms with van der Waals surface area (Å²) in [4.78, 5) is 0. The fraction of sp³-hybridized carbons (Fsp3) is 0.667. The van der Waals surface area contributed by atoms with E-state index in [1.165, 1.54) is 25.7 Å². The maximum absolute atomic E-state index is 5.25. The summed E-state index contributed by atoms with van der Waals surface area (Å²) in [5.41, 5.74) is 0. The van der Waals surface area contributed by atoms with E-state index in [2.05, 4.69) is 23.4 Å². The van der Waals surface area contributed by atoms with E-state index in [-0.39, 0.29) is 0 Å². The quantitative estimate of drug-likeness (QED) is 0.499. The highest BCUT2D eigenvalue weighted by molar-refractivity contribution is 5.03. The molecule has 0 heterocycles. The van der Waals surface area contributed by atoms with Crippen LogP contribution in [-0.4, -0.2) is 12.6 Å². The fourth-order valence-corrected chi connectivity index (χ4v) is 2.77. The molecule has 0 radical (unpaired) electrons. The molecular formula is C12H17N. The number of hydrogen-bond acceptors (Lipinski definition) is 1. The smallest absolute Gasteiger partial charge is 0.0576 e. The zero-order valence-corrected chi connectivity index (χ0v) is 8.00. The van der Waals surface area contributed by atoms with Crippen molar-refractivity contribution in [3.63, 3.8) is 0 Å². The van der Waals surface area contributed by atoms with Crippen molar-refractivity contribution >= 4 is 0 Å². The second-order valence-corrected chi connectivity index (χ2v) is 4.14. The minimum absolute atomic E-state index is 0.686. The van der Waals surface area contributed by atoms with Crippen LogP contribution in [0.25, 0.3) is 0 Å². The van der Waals surface area contributed by atoms with Crippen LogP contribution in [-0.2, 0) is 0 Å². The first-order valence-corrected chi connectivity index (χ1v) is 5.23. The molecule has 2 aliphatic carbocycles. The van der Waals surface area contributed by atoms with Gasteiger partial charge in [0, 0.05) is 6.04 Å². The molecule has 3 atom stereocenters. The molecule has 1 N–H and O–H groups in total. The van der Waals surface area contributed by atoms with Gasteiger partial charge in [0.1, 0.15) is 0 Å². The molecule has 0 aliphatic heterocycles. The number of fused-ring (bicyclic) bond motifs is 1. The lowest BCUT2D eigenvalue weighted by molar-refractivity contribution is 0.325. The van der Waals surface area contributed by atoms with Crippen LogP contribution in [0.3, 0.4) is 0 Å². The number of hydrogen-bond donors (Lipinski definition) is 1. The standard InChI is InChI=1S/C12H17N/c1-2-9-13-12-8-7-10-5-3-4-6-11(10)12/h1,3-4,10-13H,5-9H2/t10-,11-,12-/m0/s1. The van der Waals surface area contributed by atoms with Crippen molar-refractivity contribution in [3.8, 4) is 12.3 Å². The van der Waals surface area contributed by atoms with E-state index >= 15 is 0 Å². The average molecular weight is 175 g/mol. The van der Waals surface area contributed by atoms with Crippen molar-refractivity contribution in [2.75, 3.05) is 6.54 Å². The Bertz CT molecular complexity index is 236. The zero-order valence-electron chi connectivity index (χ0n) is 8.00. The first-order valence-electron chi connectivity index (χ1n) is 5.23. The summed E-state index contributed by atoms with van der Waals surface area (Å²) in [5.74, 6) is 4.45. The Labute approximate surface area is 80.6 Å². The summed E-state index contributed by atoms with van der Waals surface area (Å²) in [6.07, 6.45) is 15.2. The van der Waals surface area contributed by atoms with Crippen molar-refractivity contribution in [2.45, 2.75) is 31.7 Å². The molecule has 1 nitrogen and oxygen atoms in total. The normalized spacial score (nSPS) is 37.0. The maximum Gasteiger partial charge on any atom is 0.0576 e. The van der Waals surface area contributed by atoms with Crippen LogP contribution >= 0.6 is 0 Å². The Kier molecular flexibility index (Phi) is 2.71. The molecule has 1 heteroatoms. The Morgan fingerprint density at radius 1 is 1.31 bits per heavy atom. The highest BCUT2D eigenvalue weighted by Crippen LogP contribution is 2.39. The van der Waals surface area contributed by atoms with E-state index < -0.39 is 0 Å². The lowest BCUT2D eigenvalue weighted by Gasteiger charge is -2.26. The molecule has 0 bridgehead atoms. The predicted molar refractivity (Wildman–Crippen MR) is 55.2 cm³/mol. The molecular weight excluding hydrogens is 158 g/mol. The van der Waals surface area contributed by atoms with Gasteiger partial charge in [0.25, 0.3) is 0 Å². The van der Waals surface area contributed by atoms with Crippen LogP contribution in [0, 0.1) is 24.2 Å². The minimum Gasteiger partial charge on any atom is -0.303 e. The molecule has 0 unspecified atom stereocenters. The summed E-state index contributed by atoms with van der Waals surface area (Å²) < 4.78 is 0. The van der Waals surface area contributed by atoms with E-state index in [1.807, 2.05) is 0 Å². The van der Waals surface area contributed by atoms with E-state index in [0.717, 1.165) is 18.4 Å². The second kappa shape index (κ2) is 3.98. The van der Waals surface area contributed by atoms with Gasteiger partial charge in [-0.3, -0.25) is 0 Å². The van der Waals surface area contributed by atoms with Crippen molar-refractivity contribution in [2.24, 2.45) is 11.8 Å². The lowest BCUT2D eigenvalue weighted by Crippen LogP contribution is -2.34. The third-order valence-electron chi connectivity index (χ3n) is 3.45. The van der Waals surface area contributed by atoms with Gasteiger partial charge in [-0.15, -0.1) is 6.42 Å². The van der Waals surface area contributed by atoms with Crippen LogP contribution < -0.4 is 5.32 Å². The third kappa shape index (κ3) is 1.78. The molecule has 0 spiro atoms. The van der Waals surface area contributed by atoms with Crippen LogP contribution in [0.1, 0.15) is 25.7 Å². The fourth-order valence-electron chi connectivity index (χ4n) is 2.77. The Hall–Kier alpha value is -0.740. The lowest BCUT2D eigenvalue weighted by atomic mass is 9.84. The molecule has 0 aromatic heterocycles. The largest absolute Gasteiger partial charge is 0.303 e. The SMILES string of the molecule is C#CCN[C@H]1CC[C@@H]2CC=CC[C@@H]21. The molecule has 70 valence electrons. The molecule has 2 aliphatic rings. The minimum atomic E-state index is 0.686. The topological polar surface area (TPSA) is 12.0 Å². The van der Waals surface area contributed by atoms with Gasteiger partial charge < -0.3 is 5.32 Å². The molecule has 0 saturated heterocycles. The summed E-state index contributed by atoms with van der Waals surface area (Å²) >= 11 is 0. The number of nitrogens with one attached hydrogen (secondary N) is 1. The van der Waals surface area contributed by atoms with E-state index in [0.29, 0.717) is 6.04 Å². The van der Waals surface area contributed by atoms with Crippen LogP contribution in [0.5, 0.6) is 0 Å². The average Bonchev–Trinajstić information content (AvgIpc) is 2.58. The van der Waals surface area contributed by atoms with E-state index in [1.54, 1.807) is 0 Å². The third-order valence-corrected chi connectivity index (χ3v) is 3.45. The molecule has 1 fully saturated rings. The number of rotatable bonds is 2. The van der Waals surface area contributed by atoms with Crippen molar-refractivity contribution < 1.29 is 0 Å². The summed E-state index contributed by atoms with van der Waals surface area (Å²) in [6.45, 7) is 0.734. The zero-order chi connectivity index (χ0) is 9.10. The summed E-state index contributed by atoms with van der Waals surface area (Å²) in [5, 5.41) is 3.46.